The fourth-order valence-corrected chi connectivity index (χ4v) is 3.01. The second kappa shape index (κ2) is 5.61. The molecule has 4 heteroatoms. The summed E-state index contributed by atoms with van der Waals surface area (Å²) in [5.41, 5.74) is 4.81. The van der Waals surface area contributed by atoms with Crippen LogP contribution in [0.25, 0.3) is 11.0 Å². The van der Waals surface area contributed by atoms with E-state index >= 15 is 0 Å². The predicted molar refractivity (Wildman–Crippen MR) is 92.5 cm³/mol. The maximum Gasteiger partial charge on any atom is 0.291 e. The van der Waals surface area contributed by atoms with Crippen molar-refractivity contribution >= 4 is 38.5 Å². The minimum Gasteiger partial charge on any atom is -0.451 e. The van der Waals surface area contributed by atoms with Crippen molar-refractivity contribution in [2.75, 3.05) is 5.32 Å². The first kappa shape index (κ1) is 14.9. The molecule has 0 aliphatic rings. The average Bonchev–Trinajstić information content (AvgIpc) is 2.85. The first-order valence-corrected chi connectivity index (χ1v) is 7.81. The molecule has 0 saturated heterocycles. The molecule has 0 spiro atoms. The van der Waals surface area contributed by atoms with Gasteiger partial charge in [0.05, 0.1) is 0 Å². The number of rotatable bonds is 2. The Morgan fingerprint density at radius 1 is 1.05 bits per heavy atom. The first-order valence-electron chi connectivity index (χ1n) is 7.02. The zero-order valence-electron chi connectivity index (χ0n) is 12.7. The largest absolute Gasteiger partial charge is 0.451 e. The number of halogens is 1. The summed E-state index contributed by atoms with van der Waals surface area (Å²) in [4.78, 5) is 12.4. The quantitative estimate of drug-likeness (QED) is 0.669. The Labute approximate surface area is 137 Å². The number of furan rings is 1. The maximum absolute atomic E-state index is 12.4. The number of anilines is 1. The summed E-state index contributed by atoms with van der Waals surface area (Å²) in [7, 11) is 0. The molecule has 0 radical (unpaired) electrons. The molecule has 3 rings (SSSR count). The maximum atomic E-state index is 12.4. The lowest BCUT2D eigenvalue weighted by Gasteiger charge is -2.11. The molecule has 22 heavy (non-hydrogen) atoms. The molecule has 0 fully saturated rings. The molecule has 1 amide bonds. The van der Waals surface area contributed by atoms with E-state index in [9.17, 15) is 4.79 Å². The van der Waals surface area contributed by atoms with Gasteiger partial charge < -0.3 is 9.73 Å². The molecule has 0 atom stereocenters. The Balaban J connectivity index is 1.93. The van der Waals surface area contributed by atoms with Crippen LogP contribution in [0.2, 0.25) is 0 Å². The topological polar surface area (TPSA) is 42.2 Å². The molecule has 3 nitrogen and oxygen atoms in total. The van der Waals surface area contributed by atoms with E-state index in [1.165, 1.54) is 5.56 Å². The zero-order chi connectivity index (χ0) is 15.9. The van der Waals surface area contributed by atoms with E-state index in [0.717, 1.165) is 26.7 Å². The molecule has 1 N–H and O–H groups in total. The Morgan fingerprint density at radius 2 is 1.73 bits per heavy atom. The third-order valence-corrected chi connectivity index (χ3v) is 4.11. The SMILES string of the molecule is Cc1cc(C)c(NC(=O)c2cc3ccc(Br)cc3o2)c(C)c1. The van der Waals surface area contributed by atoms with Gasteiger partial charge in [-0.05, 0) is 56.2 Å². The van der Waals surface area contributed by atoms with Crippen LogP contribution in [0.3, 0.4) is 0 Å². The minimum absolute atomic E-state index is 0.234. The fourth-order valence-electron chi connectivity index (χ4n) is 2.67. The van der Waals surface area contributed by atoms with Crippen LogP contribution in [0.4, 0.5) is 5.69 Å². The Bertz CT molecular complexity index is 857. The summed E-state index contributed by atoms with van der Waals surface area (Å²) in [6.07, 6.45) is 0. The molecule has 2 aromatic carbocycles. The van der Waals surface area contributed by atoms with E-state index in [4.69, 9.17) is 4.42 Å². The van der Waals surface area contributed by atoms with Crippen LogP contribution >= 0.6 is 15.9 Å². The molecule has 0 aliphatic heterocycles. The van der Waals surface area contributed by atoms with Crippen molar-refractivity contribution in [3.05, 3.63) is 63.3 Å². The Kier molecular flexibility index (Phi) is 3.79. The van der Waals surface area contributed by atoms with Crippen molar-refractivity contribution < 1.29 is 9.21 Å². The number of fused-ring (bicyclic) bond motifs is 1. The van der Waals surface area contributed by atoms with Crippen molar-refractivity contribution in [1.82, 2.24) is 0 Å². The molecule has 112 valence electrons. The number of nitrogens with one attached hydrogen (secondary N) is 1. The molecular formula is C18H16BrNO2. The van der Waals surface area contributed by atoms with E-state index < -0.39 is 0 Å². The van der Waals surface area contributed by atoms with Crippen molar-refractivity contribution in [3.63, 3.8) is 0 Å². The third kappa shape index (κ3) is 2.79. The van der Waals surface area contributed by atoms with Crippen molar-refractivity contribution in [2.24, 2.45) is 0 Å². The number of carbonyl (C=O) groups is 1. The van der Waals surface area contributed by atoms with Crippen molar-refractivity contribution in [1.29, 1.82) is 0 Å². The van der Waals surface area contributed by atoms with Crippen LogP contribution < -0.4 is 5.32 Å². The first-order chi connectivity index (χ1) is 10.4. The summed E-state index contributed by atoms with van der Waals surface area (Å²) < 4.78 is 6.57. The van der Waals surface area contributed by atoms with Crippen LogP contribution in [0.5, 0.6) is 0 Å². The van der Waals surface area contributed by atoms with Crippen LogP contribution in [0.15, 0.2) is 45.3 Å². The highest BCUT2D eigenvalue weighted by Gasteiger charge is 2.15. The van der Waals surface area contributed by atoms with Gasteiger partial charge in [0.15, 0.2) is 5.76 Å². The normalized spacial score (nSPS) is 10.9. The molecule has 1 aromatic heterocycles. The van der Waals surface area contributed by atoms with Gasteiger partial charge in [-0.2, -0.15) is 0 Å². The van der Waals surface area contributed by atoms with Gasteiger partial charge in [-0.3, -0.25) is 4.79 Å². The summed E-state index contributed by atoms with van der Waals surface area (Å²) in [5, 5.41) is 3.86. The molecule has 0 unspecified atom stereocenters. The van der Waals surface area contributed by atoms with E-state index in [0.29, 0.717) is 11.3 Å². The highest BCUT2D eigenvalue weighted by molar-refractivity contribution is 9.10. The van der Waals surface area contributed by atoms with Gasteiger partial charge in [0.25, 0.3) is 5.91 Å². The molecule has 0 bridgehead atoms. The number of aryl methyl sites for hydroxylation is 3. The highest BCUT2D eigenvalue weighted by Crippen LogP contribution is 2.26. The van der Waals surface area contributed by atoms with Crippen LogP contribution in [-0.2, 0) is 0 Å². The van der Waals surface area contributed by atoms with Crippen molar-refractivity contribution in [2.45, 2.75) is 20.8 Å². The molecule has 0 aliphatic carbocycles. The second-order valence-electron chi connectivity index (χ2n) is 5.52. The van der Waals surface area contributed by atoms with Gasteiger partial charge in [0.2, 0.25) is 0 Å². The highest BCUT2D eigenvalue weighted by atomic mass is 79.9. The molecule has 1 heterocycles. The second-order valence-corrected chi connectivity index (χ2v) is 6.44. The summed E-state index contributed by atoms with van der Waals surface area (Å²) in [5.74, 6) is 0.0786. The monoisotopic (exact) mass is 357 g/mol. The third-order valence-electron chi connectivity index (χ3n) is 3.62. The average molecular weight is 358 g/mol. The number of amides is 1. The summed E-state index contributed by atoms with van der Waals surface area (Å²) in [6.45, 7) is 6.03. The standard InChI is InChI=1S/C18H16BrNO2/c1-10-6-11(2)17(12(3)7-10)20-18(21)16-8-13-4-5-14(19)9-15(13)22-16/h4-9H,1-3H3,(H,20,21). The summed E-state index contributed by atoms with van der Waals surface area (Å²) >= 11 is 3.40. The molecule has 3 aromatic rings. The predicted octanol–water partition coefficient (Wildman–Crippen LogP) is 5.37. The van der Waals surface area contributed by atoms with Gasteiger partial charge in [0.1, 0.15) is 5.58 Å². The molecular weight excluding hydrogens is 342 g/mol. The van der Waals surface area contributed by atoms with E-state index in [1.807, 2.05) is 39.0 Å². The smallest absolute Gasteiger partial charge is 0.291 e. The van der Waals surface area contributed by atoms with E-state index in [-0.39, 0.29) is 5.91 Å². The van der Waals surface area contributed by atoms with Gasteiger partial charge in [-0.15, -0.1) is 0 Å². The Morgan fingerprint density at radius 3 is 2.41 bits per heavy atom. The van der Waals surface area contributed by atoms with Gasteiger partial charge in [-0.1, -0.05) is 33.6 Å². The van der Waals surface area contributed by atoms with Crippen LogP contribution in [0.1, 0.15) is 27.2 Å². The van der Waals surface area contributed by atoms with E-state index in [1.54, 1.807) is 6.07 Å². The number of hydrogen-bond donors (Lipinski definition) is 1. The van der Waals surface area contributed by atoms with Gasteiger partial charge in [0, 0.05) is 15.5 Å². The number of carbonyl (C=O) groups excluding carboxylic acids is 1. The minimum atomic E-state index is -0.234. The Hall–Kier alpha value is -2.07. The molecule has 0 saturated carbocycles. The van der Waals surface area contributed by atoms with Crippen LogP contribution in [0, 0.1) is 20.8 Å². The van der Waals surface area contributed by atoms with Crippen molar-refractivity contribution in [3.8, 4) is 0 Å². The van der Waals surface area contributed by atoms with Gasteiger partial charge >= 0.3 is 0 Å². The fraction of sp³-hybridized carbons (Fsp3) is 0.167. The lowest BCUT2D eigenvalue weighted by atomic mass is 10.1. The lowest BCUT2D eigenvalue weighted by molar-refractivity contribution is 0.0998. The van der Waals surface area contributed by atoms with Crippen LogP contribution in [-0.4, -0.2) is 5.91 Å². The van der Waals surface area contributed by atoms with E-state index in [2.05, 4.69) is 33.4 Å². The lowest BCUT2D eigenvalue weighted by Crippen LogP contribution is -2.13. The van der Waals surface area contributed by atoms with Gasteiger partial charge in [-0.25, -0.2) is 0 Å². The summed E-state index contributed by atoms with van der Waals surface area (Å²) in [6, 6.07) is 11.6. The zero-order valence-corrected chi connectivity index (χ0v) is 14.2. The number of benzene rings is 2. The number of hydrogen-bond acceptors (Lipinski definition) is 2.